The molecule has 0 saturated heterocycles. The number of carbonyl (C=O) groups excluding carboxylic acids is 1. The molecule has 130 valence electrons. The molecular formula is C20H27NO2S. The molecule has 1 aromatic rings. The number of hydrogen-bond donors (Lipinski definition) is 0. The van der Waals surface area contributed by atoms with E-state index < -0.39 is 5.97 Å². The van der Waals surface area contributed by atoms with Crippen molar-refractivity contribution in [2.45, 2.75) is 4.90 Å². The van der Waals surface area contributed by atoms with Crippen molar-refractivity contribution in [3.8, 4) is 0 Å². The minimum atomic E-state index is -1.03. The lowest BCUT2D eigenvalue weighted by molar-refractivity contribution is -0.906. The van der Waals surface area contributed by atoms with Crippen molar-refractivity contribution in [2.24, 2.45) is 0 Å². The fourth-order valence-electron chi connectivity index (χ4n) is 2.20. The van der Waals surface area contributed by atoms with Crippen LogP contribution in [0.15, 0.2) is 85.8 Å². The van der Waals surface area contributed by atoms with Gasteiger partial charge in [-0.05, 0) is 36.4 Å². The Balaban J connectivity index is 0.000000446. The predicted molar refractivity (Wildman–Crippen MR) is 103 cm³/mol. The highest BCUT2D eigenvalue weighted by molar-refractivity contribution is 8.00. The van der Waals surface area contributed by atoms with Gasteiger partial charge in [0.2, 0.25) is 0 Å². The van der Waals surface area contributed by atoms with Gasteiger partial charge in [-0.25, -0.2) is 0 Å². The summed E-state index contributed by atoms with van der Waals surface area (Å²) >= 11 is 1.27. The number of hydrogen-bond acceptors (Lipinski definition) is 3. The van der Waals surface area contributed by atoms with Gasteiger partial charge in [0.25, 0.3) is 0 Å². The molecule has 0 saturated carbocycles. The summed E-state index contributed by atoms with van der Waals surface area (Å²) < 4.78 is 0.903. The van der Waals surface area contributed by atoms with Crippen LogP contribution in [0.25, 0.3) is 0 Å². The molecule has 4 heteroatoms. The molecule has 3 nitrogen and oxygen atoms in total. The maximum Gasteiger partial charge on any atom is 0.0978 e. The number of carbonyl (C=O) groups is 1. The van der Waals surface area contributed by atoms with E-state index >= 15 is 0 Å². The lowest BCUT2D eigenvalue weighted by atomic mass is 10.3. The van der Waals surface area contributed by atoms with Crippen LogP contribution in [0.2, 0.25) is 0 Å². The monoisotopic (exact) mass is 345 g/mol. The maximum absolute atomic E-state index is 10.0. The van der Waals surface area contributed by atoms with Gasteiger partial charge >= 0.3 is 0 Å². The molecule has 1 rings (SSSR count). The normalized spacial score (nSPS) is 10.0. The van der Waals surface area contributed by atoms with E-state index in [1.54, 1.807) is 0 Å². The second kappa shape index (κ2) is 13.4. The Morgan fingerprint density at radius 1 is 0.917 bits per heavy atom. The third kappa shape index (κ3) is 9.87. The summed E-state index contributed by atoms with van der Waals surface area (Å²) in [5, 5.41) is 10.0. The first kappa shape index (κ1) is 22.0. The van der Waals surface area contributed by atoms with E-state index in [-0.39, 0.29) is 5.75 Å². The quantitative estimate of drug-likeness (QED) is 0.351. The minimum Gasteiger partial charge on any atom is -0.549 e. The molecule has 0 unspecified atom stereocenters. The molecule has 0 N–H and O–H groups in total. The van der Waals surface area contributed by atoms with E-state index in [0.29, 0.717) is 0 Å². The van der Waals surface area contributed by atoms with E-state index in [9.17, 15) is 9.90 Å². The van der Waals surface area contributed by atoms with Crippen LogP contribution in [0.1, 0.15) is 0 Å². The number of nitrogens with zero attached hydrogens (tertiary/aromatic N) is 1. The Kier molecular flexibility index (Phi) is 12.3. The molecule has 0 aromatic heterocycles. The van der Waals surface area contributed by atoms with Crippen LogP contribution in [-0.2, 0) is 4.79 Å². The Bertz CT molecular complexity index is 480. The molecule has 0 atom stereocenters. The third-order valence-corrected chi connectivity index (χ3v) is 4.15. The van der Waals surface area contributed by atoms with Crippen molar-refractivity contribution < 1.29 is 14.4 Å². The molecule has 0 fully saturated rings. The average molecular weight is 346 g/mol. The van der Waals surface area contributed by atoms with Crippen molar-refractivity contribution in [2.75, 3.05) is 31.9 Å². The predicted octanol–water partition coefficient (Wildman–Crippen LogP) is 3.08. The molecule has 0 bridgehead atoms. The average Bonchev–Trinajstić information content (AvgIpc) is 2.55. The Morgan fingerprint density at radius 3 is 1.67 bits per heavy atom. The largest absolute Gasteiger partial charge is 0.549 e. The number of aliphatic carboxylic acids is 1. The summed E-state index contributed by atoms with van der Waals surface area (Å²) in [6.45, 7) is 18.8. The van der Waals surface area contributed by atoms with Gasteiger partial charge in [0.1, 0.15) is 0 Å². The highest BCUT2D eigenvalue weighted by Crippen LogP contribution is 2.15. The van der Waals surface area contributed by atoms with Crippen molar-refractivity contribution in [1.29, 1.82) is 0 Å². The van der Waals surface area contributed by atoms with Crippen molar-refractivity contribution in [3.63, 3.8) is 0 Å². The summed E-state index contributed by atoms with van der Waals surface area (Å²) in [5.41, 5.74) is 0. The van der Waals surface area contributed by atoms with E-state index in [2.05, 4.69) is 26.3 Å². The van der Waals surface area contributed by atoms with E-state index in [1.165, 1.54) is 11.8 Å². The lowest BCUT2D eigenvalue weighted by Crippen LogP contribution is -2.48. The fraction of sp³-hybridized carbons (Fsp3) is 0.250. The molecule has 1 aromatic carbocycles. The molecule has 0 aliphatic rings. The van der Waals surface area contributed by atoms with Gasteiger partial charge in [0, 0.05) is 10.6 Å². The van der Waals surface area contributed by atoms with Crippen LogP contribution in [0, 0.1) is 0 Å². The minimum absolute atomic E-state index is 0.0179. The van der Waals surface area contributed by atoms with Gasteiger partial charge in [0.05, 0.1) is 32.1 Å². The molecule has 24 heavy (non-hydrogen) atoms. The molecular weight excluding hydrogens is 318 g/mol. The Morgan fingerprint density at radius 2 is 1.33 bits per heavy atom. The number of benzene rings is 1. The van der Waals surface area contributed by atoms with Crippen molar-refractivity contribution in [3.05, 3.63) is 81.0 Å². The molecule has 0 spiro atoms. The van der Waals surface area contributed by atoms with Crippen LogP contribution < -0.4 is 5.11 Å². The van der Waals surface area contributed by atoms with E-state index in [1.807, 2.05) is 54.6 Å². The van der Waals surface area contributed by atoms with Gasteiger partial charge in [0.15, 0.2) is 0 Å². The Labute approximate surface area is 150 Å². The smallest absolute Gasteiger partial charge is 0.0978 e. The molecule has 0 aliphatic carbocycles. The molecule has 0 aliphatic heterocycles. The summed E-state index contributed by atoms with van der Waals surface area (Å²) in [5.74, 6) is -1.01. The highest BCUT2D eigenvalue weighted by atomic mass is 32.2. The van der Waals surface area contributed by atoms with Crippen LogP contribution in [-0.4, -0.2) is 42.4 Å². The zero-order valence-electron chi connectivity index (χ0n) is 14.2. The van der Waals surface area contributed by atoms with Crippen LogP contribution >= 0.6 is 11.8 Å². The van der Waals surface area contributed by atoms with Gasteiger partial charge in [-0.15, -0.1) is 11.8 Å². The van der Waals surface area contributed by atoms with Crippen LogP contribution in [0.3, 0.4) is 0 Å². The number of carboxylic acid groups (broad SMARTS) is 1. The van der Waals surface area contributed by atoms with Crippen molar-refractivity contribution in [1.82, 2.24) is 0 Å². The summed E-state index contributed by atoms with van der Waals surface area (Å²) in [7, 11) is 0. The molecule has 0 heterocycles. The highest BCUT2D eigenvalue weighted by Gasteiger charge is 2.20. The van der Waals surface area contributed by atoms with E-state index in [4.69, 9.17) is 0 Å². The zero-order chi connectivity index (χ0) is 18.3. The fourth-order valence-corrected chi connectivity index (χ4v) is 2.84. The standard InChI is InChI=1S/C12H20N.C8H8O2S/c1-5-9-13(10-6-2,11-7-3)12-8-4;9-8(10)6-11-7-4-2-1-3-5-7/h5-8H,1-4,9-12H2;1-5H,6H2,(H,9,10)/q+1;/p-1. The van der Waals surface area contributed by atoms with Crippen LogP contribution in [0.5, 0.6) is 0 Å². The topological polar surface area (TPSA) is 40.1 Å². The van der Waals surface area contributed by atoms with Gasteiger partial charge < -0.3 is 14.4 Å². The first-order chi connectivity index (χ1) is 11.5. The lowest BCUT2D eigenvalue weighted by Gasteiger charge is -2.35. The van der Waals surface area contributed by atoms with Gasteiger partial charge in [-0.3, -0.25) is 0 Å². The van der Waals surface area contributed by atoms with Crippen LogP contribution in [0.4, 0.5) is 0 Å². The SMILES string of the molecule is C=CC[N+](CC=C)(CC=C)CC=C.O=C([O-])CSc1ccccc1. The van der Waals surface area contributed by atoms with Gasteiger partial charge in [-0.2, -0.15) is 0 Å². The first-order valence-electron chi connectivity index (χ1n) is 7.70. The molecule has 0 radical (unpaired) electrons. The summed E-state index contributed by atoms with van der Waals surface area (Å²) in [6.07, 6.45) is 7.76. The molecule has 0 amide bonds. The maximum atomic E-state index is 10.0. The third-order valence-electron chi connectivity index (χ3n) is 3.17. The van der Waals surface area contributed by atoms with Crippen molar-refractivity contribution >= 4 is 17.7 Å². The number of carboxylic acids is 1. The zero-order valence-corrected chi connectivity index (χ0v) is 15.0. The summed E-state index contributed by atoms with van der Waals surface area (Å²) in [6, 6.07) is 9.37. The summed E-state index contributed by atoms with van der Waals surface area (Å²) in [4.78, 5) is 11.0. The van der Waals surface area contributed by atoms with E-state index in [0.717, 1.165) is 35.6 Å². The second-order valence-electron chi connectivity index (χ2n) is 5.20. The number of rotatable bonds is 11. The Hall–Kier alpha value is -2.04. The van der Waals surface area contributed by atoms with Gasteiger partial charge in [-0.1, -0.05) is 44.5 Å². The number of thioether (sulfide) groups is 1. The first-order valence-corrected chi connectivity index (χ1v) is 8.68. The second-order valence-corrected chi connectivity index (χ2v) is 6.25. The number of quaternary nitrogens is 1.